The Labute approximate surface area is 198 Å². The van der Waals surface area contributed by atoms with Gasteiger partial charge in [0.05, 0.1) is 29.8 Å². The van der Waals surface area contributed by atoms with Crippen molar-refractivity contribution in [1.82, 2.24) is 4.90 Å². The molecule has 2 aromatic carbocycles. The van der Waals surface area contributed by atoms with Crippen LogP contribution in [0.25, 0.3) is 5.76 Å². The van der Waals surface area contributed by atoms with E-state index >= 15 is 0 Å². The second-order valence-electron chi connectivity index (χ2n) is 7.40. The maximum Gasteiger partial charge on any atom is 0.295 e. The molecular weight excluding hydrogens is 498 g/mol. The summed E-state index contributed by atoms with van der Waals surface area (Å²) < 4.78 is 21.8. The van der Waals surface area contributed by atoms with Crippen molar-refractivity contribution >= 4 is 33.4 Å². The molecule has 0 aromatic heterocycles. The number of methoxy groups -OCH3 is 2. The van der Waals surface area contributed by atoms with E-state index in [1.807, 2.05) is 0 Å². The minimum absolute atomic E-state index is 0.0903. The van der Waals surface area contributed by atoms with Crippen LogP contribution in [-0.4, -0.2) is 67.4 Å². The second-order valence-corrected chi connectivity index (χ2v) is 8.25. The molecule has 0 bridgehead atoms. The number of aliphatic hydroxyl groups is 1. The van der Waals surface area contributed by atoms with Gasteiger partial charge in [-0.05, 0) is 51.8 Å². The number of nitrogens with zero attached hydrogens (tertiary/aromatic N) is 1. The molecule has 0 spiro atoms. The fraction of sp³-hybridized carbons (Fsp3) is 0.304. The maximum absolute atomic E-state index is 13.1. The Kier molecular flexibility index (Phi) is 6.48. The van der Waals surface area contributed by atoms with Crippen molar-refractivity contribution in [3.8, 4) is 23.0 Å². The number of hydrogen-bond donors (Lipinski definition) is 2. The van der Waals surface area contributed by atoms with E-state index in [-0.39, 0.29) is 36.0 Å². The molecule has 10 heteroatoms. The standard InChI is InChI=1S/C23H22BrNO8/c1-30-6-5-25-19(13-9-14(24)21(27)17(11-13)31-2)18(22(28)23(25)29)20(26)12-3-4-15-16(10-12)33-8-7-32-15/h3-4,9-11,19,26-27H,5-8H2,1-2H3/b20-18+/t19-/m1/s1. The number of hydrogen-bond acceptors (Lipinski definition) is 8. The van der Waals surface area contributed by atoms with Crippen molar-refractivity contribution in [2.45, 2.75) is 6.04 Å². The van der Waals surface area contributed by atoms with Gasteiger partial charge < -0.3 is 34.1 Å². The van der Waals surface area contributed by atoms with Gasteiger partial charge in [0, 0.05) is 19.2 Å². The Morgan fingerprint density at radius 1 is 1.15 bits per heavy atom. The number of halogens is 1. The quantitative estimate of drug-likeness (QED) is 0.340. The van der Waals surface area contributed by atoms with E-state index < -0.39 is 17.7 Å². The molecule has 2 heterocycles. The summed E-state index contributed by atoms with van der Waals surface area (Å²) in [6, 6.07) is 6.96. The molecule has 1 amide bonds. The Bertz CT molecular complexity index is 1150. The van der Waals surface area contributed by atoms with Gasteiger partial charge in [-0.25, -0.2) is 0 Å². The van der Waals surface area contributed by atoms with Crippen molar-refractivity contribution in [2.75, 3.05) is 40.6 Å². The zero-order valence-corrected chi connectivity index (χ0v) is 19.5. The Balaban J connectivity index is 1.88. The molecule has 2 aliphatic rings. The zero-order valence-electron chi connectivity index (χ0n) is 18.0. The lowest BCUT2D eigenvalue weighted by molar-refractivity contribution is -0.140. The van der Waals surface area contributed by atoms with E-state index in [9.17, 15) is 19.8 Å². The summed E-state index contributed by atoms with van der Waals surface area (Å²) >= 11 is 3.28. The van der Waals surface area contributed by atoms with Gasteiger partial charge in [0.25, 0.3) is 11.7 Å². The molecule has 33 heavy (non-hydrogen) atoms. The monoisotopic (exact) mass is 519 g/mol. The lowest BCUT2D eigenvalue weighted by Crippen LogP contribution is -2.32. The molecule has 2 aliphatic heterocycles. The fourth-order valence-corrected chi connectivity index (χ4v) is 4.36. The largest absolute Gasteiger partial charge is 0.507 e. The second kappa shape index (κ2) is 9.32. The smallest absolute Gasteiger partial charge is 0.295 e. The van der Waals surface area contributed by atoms with Crippen molar-refractivity contribution in [2.24, 2.45) is 0 Å². The first-order chi connectivity index (χ1) is 15.9. The summed E-state index contributed by atoms with van der Waals surface area (Å²) in [7, 11) is 2.88. The number of aromatic hydroxyl groups is 1. The summed E-state index contributed by atoms with van der Waals surface area (Å²) in [5, 5.41) is 21.4. The van der Waals surface area contributed by atoms with Crippen molar-refractivity contribution in [3.05, 3.63) is 51.5 Å². The van der Waals surface area contributed by atoms with Crippen LogP contribution in [0.5, 0.6) is 23.0 Å². The third-order valence-electron chi connectivity index (χ3n) is 5.48. The van der Waals surface area contributed by atoms with Gasteiger partial charge in [0.15, 0.2) is 23.0 Å². The van der Waals surface area contributed by atoms with Crippen LogP contribution < -0.4 is 14.2 Å². The maximum atomic E-state index is 13.1. The number of fused-ring (bicyclic) bond motifs is 1. The number of amides is 1. The number of benzene rings is 2. The predicted molar refractivity (Wildman–Crippen MR) is 121 cm³/mol. The van der Waals surface area contributed by atoms with Crippen molar-refractivity contribution in [1.29, 1.82) is 0 Å². The molecule has 0 saturated carbocycles. The van der Waals surface area contributed by atoms with Crippen LogP contribution >= 0.6 is 15.9 Å². The number of ether oxygens (including phenoxy) is 4. The lowest BCUT2D eigenvalue weighted by Gasteiger charge is -2.26. The summed E-state index contributed by atoms with van der Waals surface area (Å²) in [6.45, 7) is 1.08. The molecule has 2 aromatic rings. The number of ketones is 1. The van der Waals surface area contributed by atoms with Crippen LogP contribution in [-0.2, 0) is 14.3 Å². The summed E-state index contributed by atoms with van der Waals surface area (Å²) in [6.07, 6.45) is 0. The third kappa shape index (κ3) is 4.11. The van der Waals surface area contributed by atoms with E-state index in [4.69, 9.17) is 18.9 Å². The van der Waals surface area contributed by atoms with Crippen molar-refractivity contribution < 1.29 is 38.7 Å². The highest BCUT2D eigenvalue weighted by Crippen LogP contribution is 2.44. The van der Waals surface area contributed by atoms with Gasteiger partial charge in [0.1, 0.15) is 19.0 Å². The number of phenolic OH excluding ortho intramolecular Hbond substituents is 1. The van der Waals surface area contributed by atoms with Crippen LogP contribution in [0.2, 0.25) is 0 Å². The zero-order chi connectivity index (χ0) is 23.7. The average Bonchev–Trinajstić information content (AvgIpc) is 3.08. The minimum Gasteiger partial charge on any atom is -0.507 e. The van der Waals surface area contributed by atoms with Gasteiger partial charge in [-0.1, -0.05) is 0 Å². The van der Waals surface area contributed by atoms with Crippen molar-refractivity contribution in [3.63, 3.8) is 0 Å². The summed E-state index contributed by atoms with van der Waals surface area (Å²) in [5.74, 6) is -0.950. The highest BCUT2D eigenvalue weighted by Gasteiger charge is 2.46. The van der Waals surface area contributed by atoms with Gasteiger partial charge >= 0.3 is 0 Å². The number of Topliss-reactive ketones (excluding diaryl/α,β-unsaturated/α-hetero) is 1. The molecule has 1 saturated heterocycles. The van der Waals surface area contributed by atoms with Crippen LogP contribution in [0, 0.1) is 0 Å². The summed E-state index contributed by atoms with van der Waals surface area (Å²) in [5.41, 5.74) is 0.678. The van der Waals surface area contributed by atoms with Gasteiger partial charge in [-0.15, -0.1) is 0 Å². The lowest BCUT2D eigenvalue weighted by atomic mass is 9.95. The molecule has 1 fully saturated rings. The topological polar surface area (TPSA) is 115 Å². The van der Waals surface area contributed by atoms with E-state index in [2.05, 4.69) is 15.9 Å². The number of phenols is 1. The van der Waals surface area contributed by atoms with Crippen LogP contribution in [0.4, 0.5) is 0 Å². The van der Waals surface area contributed by atoms with Gasteiger partial charge in [-0.3, -0.25) is 9.59 Å². The highest BCUT2D eigenvalue weighted by atomic mass is 79.9. The summed E-state index contributed by atoms with van der Waals surface area (Å²) in [4.78, 5) is 27.3. The first-order valence-corrected chi connectivity index (χ1v) is 10.9. The SMILES string of the molecule is COCCN1C(=O)C(=O)/C(=C(/O)c2ccc3c(c2)OCCO3)[C@H]1c1cc(Br)c(O)c(OC)c1. The van der Waals surface area contributed by atoms with E-state index in [0.29, 0.717) is 40.3 Å². The first-order valence-electron chi connectivity index (χ1n) is 10.1. The number of aliphatic hydroxyl groups excluding tert-OH is 1. The Hall–Kier alpha value is -3.24. The Morgan fingerprint density at radius 2 is 1.88 bits per heavy atom. The average molecular weight is 520 g/mol. The number of carbonyl (C=O) groups is 2. The fourth-order valence-electron chi connectivity index (χ4n) is 3.90. The van der Waals surface area contributed by atoms with E-state index in [0.717, 1.165) is 0 Å². The minimum atomic E-state index is -0.931. The molecule has 174 valence electrons. The molecule has 1 atom stereocenters. The van der Waals surface area contributed by atoms with Crippen LogP contribution in [0.15, 0.2) is 40.4 Å². The molecule has 0 unspecified atom stereocenters. The predicted octanol–water partition coefficient (Wildman–Crippen LogP) is 3.00. The normalized spacial score (nSPS) is 19.1. The molecule has 0 aliphatic carbocycles. The number of rotatable bonds is 6. The number of carbonyl (C=O) groups excluding carboxylic acids is 2. The van der Waals surface area contributed by atoms with Gasteiger partial charge in [0.2, 0.25) is 0 Å². The third-order valence-corrected chi connectivity index (χ3v) is 6.08. The Morgan fingerprint density at radius 3 is 2.58 bits per heavy atom. The first kappa shape index (κ1) is 22.9. The molecule has 0 radical (unpaired) electrons. The van der Waals surface area contributed by atoms with Crippen LogP contribution in [0.3, 0.4) is 0 Å². The van der Waals surface area contributed by atoms with E-state index in [1.54, 1.807) is 24.3 Å². The van der Waals surface area contributed by atoms with E-state index in [1.165, 1.54) is 25.2 Å². The van der Waals surface area contributed by atoms with Crippen LogP contribution in [0.1, 0.15) is 17.2 Å². The molecule has 4 rings (SSSR count). The van der Waals surface area contributed by atoms with Gasteiger partial charge in [-0.2, -0.15) is 0 Å². The molecular formula is C23H22BrNO8. The highest BCUT2D eigenvalue weighted by molar-refractivity contribution is 9.10. The molecule has 9 nitrogen and oxygen atoms in total. The number of likely N-dealkylation sites (tertiary alicyclic amines) is 1. The molecule has 2 N–H and O–H groups in total.